The summed E-state index contributed by atoms with van der Waals surface area (Å²) in [6.07, 6.45) is 1.45. The Morgan fingerprint density at radius 1 is 1.58 bits per heavy atom. The first-order valence-electron chi connectivity index (χ1n) is 3.22. The number of rotatable bonds is 2. The predicted octanol–water partition coefficient (Wildman–Crippen LogP) is 1.23. The van der Waals surface area contributed by atoms with Crippen LogP contribution in [0.15, 0.2) is 24.9 Å². The number of hydrogen-bond donors (Lipinski definition) is 1. The fourth-order valence-corrected chi connectivity index (χ4v) is 0.808. The third kappa shape index (κ3) is 1.83. The number of carbonyl (C=O) groups is 1. The fraction of sp³-hybridized carbons (Fsp3) is 0. The van der Waals surface area contributed by atoms with Gasteiger partial charge in [-0.25, -0.2) is 4.98 Å². The molecule has 3 nitrogen and oxygen atoms in total. The molecule has 0 aromatic carbocycles. The molecule has 1 amide bonds. The summed E-state index contributed by atoms with van der Waals surface area (Å²) in [7, 11) is 0. The van der Waals surface area contributed by atoms with Crippen LogP contribution >= 0.6 is 11.6 Å². The van der Waals surface area contributed by atoms with E-state index in [4.69, 9.17) is 17.3 Å². The molecule has 1 rings (SSSR count). The highest BCUT2D eigenvalue weighted by atomic mass is 35.5. The van der Waals surface area contributed by atoms with E-state index >= 15 is 0 Å². The highest BCUT2D eigenvalue weighted by Crippen LogP contribution is 2.12. The maximum absolute atomic E-state index is 10.6. The maximum Gasteiger partial charge on any atom is 0.248 e. The Labute approximate surface area is 74.9 Å². The zero-order valence-electron chi connectivity index (χ0n) is 6.25. The van der Waals surface area contributed by atoms with E-state index in [0.29, 0.717) is 10.7 Å². The average molecular weight is 183 g/mol. The Morgan fingerprint density at radius 3 is 2.67 bits per heavy atom. The zero-order chi connectivity index (χ0) is 9.14. The van der Waals surface area contributed by atoms with Crippen LogP contribution in [0.1, 0.15) is 5.56 Å². The third-order valence-corrected chi connectivity index (χ3v) is 1.60. The minimum Gasteiger partial charge on any atom is -0.366 e. The van der Waals surface area contributed by atoms with Gasteiger partial charge >= 0.3 is 0 Å². The summed E-state index contributed by atoms with van der Waals surface area (Å²) in [4.78, 5) is 14.4. The number of carbonyl (C=O) groups excluding carboxylic acids is 1. The van der Waals surface area contributed by atoms with E-state index < -0.39 is 5.91 Å². The first-order valence-corrected chi connectivity index (χ1v) is 3.59. The molecule has 1 aromatic heterocycles. The Morgan fingerprint density at radius 2 is 2.25 bits per heavy atom. The van der Waals surface area contributed by atoms with Crippen molar-refractivity contribution in [2.24, 2.45) is 5.73 Å². The molecule has 0 radical (unpaired) electrons. The van der Waals surface area contributed by atoms with Crippen molar-refractivity contribution in [3.05, 3.63) is 35.6 Å². The standard InChI is InChI=1S/C8H7ClN2O/c1-5(8(10)12)6-2-3-7(9)11-4-6/h2-4H,1H2,(H2,10,12). The van der Waals surface area contributed by atoms with Crippen LogP contribution < -0.4 is 5.73 Å². The summed E-state index contributed by atoms with van der Waals surface area (Å²) in [5, 5.41) is 0.371. The lowest BCUT2D eigenvalue weighted by atomic mass is 10.1. The summed E-state index contributed by atoms with van der Waals surface area (Å²) in [6, 6.07) is 3.22. The highest BCUT2D eigenvalue weighted by molar-refractivity contribution is 6.29. The van der Waals surface area contributed by atoms with Crippen LogP contribution in [0, 0.1) is 0 Å². The minimum absolute atomic E-state index is 0.235. The van der Waals surface area contributed by atoms with Gasteiger partial charge in [0, 0.05) is 17.3 Å². The lowest BCUT2D eigenvalue weighted by molar-refractivity contribution is -0.112. The Balaban J connectivity index is 2.98. The van der Waals surface area contributed by atoms with E-state index in [1.165, 1.54) is 6.20 Å². The molecule has 12 heavy (non-hydrogen) atoms. The summed E-state index contributed by atoms with van der Waals surface area (Å²) in [5.41, 5.74) is 5.83. The molecule has 0 saturated heterocycles. The number of nitrogens with two attached hydrogens (primary N) is 1. The molecule has 0 aliphatic rings. The number of nitrogens with zero attached hydrogens (tertiary/aromatic N) is 1. The number of amides is 1. The molecule has 0 saturated carbocycles. The van der Waals surface area contributed by atoms with Crippen molar-refractivity contribution < 1.29 is 4.79 Å². The van der Waals surface area contributed by atoms with E-state index in [1.807, 2.05) is 0 Å². The molecule has 0 aliphatic carbocycles. The van der Waals surface area contributed by atoms with Crippen LogP contribution in [0.25, 0.3) is 5.57 Å². The SMILES string of the molecule is C=C(C(N)=O)c1ccc(Cl)nc1. The highest BCUT2D eigenvalue weighted by Gasteiger charge is 2.04. The minimum atomic E-state index is -0.556. The summed E-state index contributed by atoms with van der Waals surface area (Å²) in [6.45, 7) is 3.50. The van der Waals surface area contributed by atoms with E-state index in [2.05, 4.69) is 11.6 Å². The van der Waals surface area contributed by atoms with Crippen molar-refractivity contribution in [1.82, 2.24) is 4.98 Å². The Kier molecular flexibility index (Phi) is 2.45. The molecule has 0 bridgehead atoms. The molecular formula is C8H7ClN2O. The lowest BCUT2D eigenvalue weighted by Gasteiger charge is -1.99. The van der Waals surface area contributed by atoms with Gasteiger partial charge in [0.05, 0.1) is 0 Å². The Bertz CT molecular complexity index is 318. The second-order valence-corrected chi connectivity index (χ2v) is 2.60. The van der Waals surface area contributed by atoms with Gasteiger partial charge in [0.15, 0.2) is 0 Å². The van der Waals surface area contributed by atoms with Crippen LogP contribution in [-0.4, -0.2) is 10.9 Å². The summed E-state index contributed by atoms with van der Waals surface area (Å²) >= 11 is 5.54. The van der Waals surface area contributed by atoms with Gasteiger partial charge in [-0.05, 0) is 12.1 Å². The normalized spacial score (nSPS) is 9.42. The smallest absolute Gasteiger partial charge is 0.248 e. The fourth-order valence-electron chi connectivity index (χ4n) is 0.697. The van der Waals surface area contributed by atoms with Crippen molar-refractivity contribution in [3.63, 3.8) is 0 Å². The number of halogens is 1. The molecule has 4 heteroatoms. The second kappa shape index (κ2) is 3.36. The zero-order valence-corrected chi connectivity index (χ0v) is 7.01. The van der Waals surface area contributed by atoms with Gasteiger partial charge in [-0.2, -0.15) is 0 Å². The second-order valence-electron chi connectivity index (χ2n) is 2.21. The first kappa shape index (κ1) is 8.74. The van der Waals surface area contributed by atoms with Crippen LogP contribution in [-0.2, 0) is 4.79 Å². The van der Waals surface area contributed by atoms with E-state index in [-0.39, 0.29) is 5.57 Å². The molecule has 1 aromatic rings. The number of pyridine rings is 1. The van der Waals surface area contributed by atoms with Gasteiger partial charge in [0.2, 0.25) is 5.91 Å². The van der Waals surface area contributed by atoms with Crippen molar-refractivity contribution in [3.8, 4) is 0 Å². The van der Waals surface area contributed by atoms with E-state index in [9.17, 15) is 4.79 Å². The van der Waals surface area contributed by atoms with E-state index in [0.717, 1.165) is 0 Å². The molecular weight excluding hydrogens is 176 g/mol. The van der Waals surface area contributed by atoms with Crippen LogP contribution in [0.3, 0.4) is 0 Å². The third-order valence-electron chi connectivity index (χ3n) is 1.37. The van der Waals surface area contributed by atoms with Crippen LogP contribution in [0.4, 0.5) is 0 Å². The van der Waals surface area contributed by atoms with Crippen molar-refractivity contribution in [1.29, 1.82) is 0 Å². The van der Waals surface area contributed by atoms with Gasteiger partial charge in [0.25, 0.3) is 0 Å². The molecule has 0 aliphatic heterocycles. The monoisotopic (exact) mass is 182 g/mol. The lowest BCUT2D eigenvalue weighted by Crippen LogP contribution is -2.11. The number of primary amides is 1. The van der Waals surface area contributed by atoms with E-state index in [1.54, 1.807) is 12.1 Å². The molecule has 0 fully saturated rings. The molecule has 0 atom stereocenters. The largest absolute Gasteiger partial charge is 0.366 e. The van der Waals surface area contributed by atoms with Gasteiger partial charge in [-0.1, -0.05) is 18.2 Å². The Hall–Kier alpha value is -1.35. The topological polar surface area (TPSA) is 56.0 Å². The van der Waals surface area contributed by atoms with Gasteiger partial charge in [-0.3, -0.25) is 4.79 Å². The van der Waals surface area contributed by atoms with Gasteiger partial charge in [0.1, 0.15) is 5.15 Å². The molecule has 2 N–H and O–H groups in total. The summed E-state index contributed by atoms with van der Waals surface area (Å²) < 4.78 is 0. The number of aromatic nitrogens is 1. The summed E-state index contributed by atoms with van der Waals surface area (Å²) in [5.74, 6) is -0.556. The molecule has 0 unspecified atom stereocenters. The van der Waals surface area contributed by atoms with Crippen LogP contribution in [0.5, 0.6) is 0 Å². The average Bonchev–Trinajstić information content (AvgIpc) is 2.04. The van der Waals surface area contributed by atoms with Gasteiger partial charge < -0.3 is 5.73 Å². The quantitative estimate of drug-likeness (QED) is 0.553. The van der Waals surface area contributed by atoms with Crippen molar-refractivity contribution in [2.75, 3.05) is 0 Å². The molecule has 1 heterocycles. The maximum atomic E-state index is 10.6. The number of hydrogen-bond acceptors (Lipinski definition) is 2. The first-order chi connectivity index (χ1) is 5.61. The molecule has 0 spiro atoms. The van der Waals surface area contributed by atoms with Gasteiger partial charge in [-0.15, -0.1) is 0 Å². The van der Waals surface area contributed by atoms with Crippen molar-refractivity contribution >= 4 is 23.1 Å². The van der Waals surface area contributed by atoms with Crippen molar-refractivity contribution in [2.45, 2.75) is 0 Å². The predicted molar refractivity (Wildman–Crippen MR) is 47.5 cm³/mol. The molecule has 62 valence electrons. The van der Waals surface area contributed by atoms with Crippen LogP contribution in [0.2, 0.25) is 5.15 Å².